The molecule has 16 heavy (non-hydrogen) atoms. The minimum absolute atomic E-state index is 0.813. The minimum Gasteiger partial charge on any atom is -0.0591 e. The van der Waals surface area contributed by atoms with Crippen LogP contribution in [0.15, 0.2) is 0 Å². The Morgan fingerprint density at radius 2 is 1.25 bits per heavy atom. The first-order valence-electron chi connectivity index (χ1n) is 7.68. The van der Waals surface area contributed by atoms with Crippen molar-refractivity contribution < 1.29 is 0 Å². The van der Waals surface area contributed by atoms with E-state index in [-0.39, 0.29) is 0 Å². The molecule has 5 fully saturated rings. The van der Waals surface area contributed by atoms with Crippen molar-refractivity contribution in [2.75, 3.05) is 0 Å². The maximum absolute atomic E-state index is 2.63. The standard InChI is InChI=1S/C16H24/c1-13(4-5-13)15(8-9-15)16(10-11-16)14(6-7-14)12-2-3-12/h12H,2-11H2,1H3. The van der Waals surface area contributed by atoms with Crippen LogP contribution in [0.25, 0.3) is 0 Å². The molecule has 0 atom stereocenters. The highest BCUT2D eigenvalue weighted by Gasteiger charge is 2.83. The summed E-state index contributed by atoms with van der Waals surface area (Å²) in [5.74, 6) is 1.19. The summed E-state index contributed by atoms with van der Waals surface area (Å²) in [4.78, 5) is 0. The third-order valence-corrected chi connectivity index (χ3v) is 7.67. The Hall–Kier alpha value is 0. The molecule has 0 aromatic carbocycles. The Kier molecular flexibility index (Phi) is 1.21. The van der Waals surface area contributed by atoms with Crippen molar-refractivity contribution in [3.63, 3.8) is 0 Å². The molecule has 0 heterocycles. The molecule has 0 aromatic heterocycles. The number of hydrogen-bond donors (Lipinski definition) is 0. The van der Waals surface area contributed by atoms with Crippen LogP contribution in [-0.4, -0.2) is 0 Å². The molecule has 5 saturated carbocycles. The molecule has 0 aromatic rings. The SMILES string of the molecule is CC1(C2(C3(C4(C5CC5)CC4)CC3)CC2)CC1. The Balaban J connectivity index is 1.57. The molecule has 5 aliphatic rings. The fourth-order valence-electron chi connectivity index (χ4n) is 6.08. The zero-order valence-electron chi connectivity index (χ0n) is 10.6. The second-order valence-corrected chi connectivity index (χ2v) is 8.16. The fourth-order valence-corrected chi connectivity index (χ4v) is 6.08. The van der Waals surface area contributed by atoms with Crippen LogP contribution in [0.3, 0.4) is 0 Å². The average Bonchev–Trinajstić information content (AvgIpc) is 3.08. The topological polar surface area (TPSA) is 0 Å². The lowest BCUT2D eigenvalue weighted by atomic mass is 9.64. The van der Waals surface area contributed by atoms with Crippen LogP contribution in [0.2, 0.25) is 0 Å². The molecule has 0 heteroatoms. The van der Waals surface area contributed by atoms with E-state index < -0.39 is 0 Å². The van der Waals surface area contributed by atoms with E-state index in [0.29, 0.717) is 0 Å². The first-order chi connectivity index (χ1) is 7.68. The average molecular weight is 216 g/mol. The van der Waals surface area contributed by atoms with Crippen molar-refractivity contribution in [2.24, 2.45) is 27.6 Å². The van der Waals surface area contributed by atoms with Crippen molar-refractivity contribution in [2.45, 2.75) is 71.1 Å². The van der Waals surface area contributed by atoms with E-state index in [0.717, 1.165) is 21.7 Å². The Labute approximate surface area is 99.2 Å². The highest BCUT2D eigenvalue weighted by atomic mass is 14.9. The van der Waals surface area contributed by atoms with E-state index in [1.54, 1.807) is 64.2 Å². The second kappa shape index (κ2) is 2.15. The maximum Gasteiger partial charge on any atom is -0.0176 e. The minimum atomic E-state index is 0.813. The van der Waals surface area contributed by atoms with Crippen LogP contribution in [0.4, 0.5) is 0 Å². The van der Waals surface area contributed by atoms with Gasteiger partial charge in [-0.25, -0.2) is 0 Å². The first-order valence-corrected chi connectivity index (χ1v) is 7.68. The van der Waals surface area contributed by atoms with Gasteiger partial charge in [0.15, 0.2) is 0 Å². The summed E-state index contributed by atoms with van der Waals surface area (Å²) in [5.41, 5.74) is 3.49. The summed E-state index contributed by atoms with van der Waals surface area (Å²) in [6.07, 6.45) is 16.0. The molecular formula is C16H24. The van der Waals surface area contributed by atoms with Gasteiger partial charge in [-0.05, 0) is 91.8 Å². The molecule has 0 radical (unpaired) electrons. The van der Waals surface area contributed by atoms with Crippen LogP contribution < -0.4 is 0 Å². The molecule has 0 saturated heterocycles. The smallest absolute Gasteiger partial charge is 0.0176 e. The first kappa shape index (κ1) is 9.00. The molecule has 0 nitrogen and oxygen atoms in total. The Morgan fingerprint density at radius 1 is 0.688 bits per heavy atom. The van der Waals surface area contributed by atoms with Gasteiger partial charge in [0.2, 0.25) is 0 Å². The predicted octanol–water partition coefficient (Wildman–Crippen LogP) is 4.54. The van der Waals surface area contributed by atoms with Crippen LogP contribution in [0.1, 0.15) is 71.1 Å². The monoisotopic (exact) mass is 216 g/mol. The van der Waals surface area contributed by atoms with Gasteiger partial charge in [-0.1, -0.05) is 6.92 Å². The summed E-state index contributed by atoms with van der Waals surface area (Å²) in [6.45, 7) is 2.63. The van der Waals surface area contributed by atoms with Gasteiger partial charge in [0, 0.05) is 0 Å². The van der Waals surface area contributed by atoms with Gasteiger partial charge in [-0.15, -0.1) is 0 Å². The van der Waals surface area contributed by atoms with Crippen LogP contribution in [0.5, 0.6) is 0 Å². The molecule has 0 bridgehead atoms. The van der Waals surface area contributed by atoms with Crippen LogP contribution >= 0.6 is 0 Å². The highest BCUT2D eigenvalue weighted by molar-refractivity contribution is 5.32. The molecule has 0 N–H and O–H groups in total. The zero-order chi connectivity index (χ0) is 10.6. The molecule has 0 aliphatic heterocycles. The van der Waals surface area contributed by atoms with Gasteiger partial charge in [0.1, 0.15) is 0 Å². The van der Waals surface area contributed by atoms with Crippen molar-refractivity contribution in [3.8, 4) is 0 Å². The lowest BCUT2D eigenvalue weighted by Crippen LogP contribution is -2.35. The normalized spacial score (nSPS) is 42.6. The highest BCUT2D eigenvalue weighted by Crippen LogP contribution is 2.92. The van der Waals surface area contributed by atoms with Crippen molar-refractivity contribution in [1.82, 2.24) is 0 Å². The van der Waals surface area contributed by atoms with Gasteiger partial charge < -0.3 is 0 Å². The molecule has 0 amide bonds. The largest absolute Gasteiger partial charge is 0.0591 e. The summed E-state index contributed by atoms with van der Waals surface area (Å²) in [6, 6.07) is 0. The Bertz CT molecular complexity index is 357. The van der Waals surface area contributed by atoms with E-state index >= 15 is 0 Å². The molecule has 5 aliphatic carbocycles. The van der Waals surface area contributed by atoms with Crippen molar-refractivity contribution in [1.29, 1.82) is 0 Å². The summed E-state index contributed by atoms with van der Waals surface area (Å²) >= 11 is 0. The van der Waals surface area contributed by atoms with Crippen molar-refractivity contribution in [3.05, 3.63) is 0 Å². The molecule has 0 spiro atoms. The lowest BCUT2D eigenvalue weighted by Gasteiger charge is -2.40. The molecule has 0 unspecified atom stereocenters. The fraction of sp³-hybridized carbons (Fsp3) is 1.00. The van der Waals surface area contributed by atoms with Gasteiger partial charge in [0.05, 0.1) is 0 Å². The van der Waals surface area contributed by atoms with E-state index in [2.05, 4.69) is 6.92 Å². The van der Waals surface area contributed by atoms with Gasteiger partial charge in [-0.3, -0.25) is 0 Å². The third kappa shape index (κ3) is 0.754. The van der Waals surface area contributed by atoms with E-state index in [9.17, 15) is 0 Å². The zero-order valence-corrected chi connectivity index (χ0v) is 10.6. The van der Waals surface area contributed by atoms with Gasteiger partial charge in [-0.2, -0.15) is 0 Å². The third-order valence-electron chi connectivity index (χ3n) is 7.67. The summed E-state index contributed by atoms with van der Waals surface area (Å²) in [7, 11) is 0. The molecule has 88 valence electrons. The Morgan fingerprint density at radius 3 is 1.56 bits per heavy atom. The van der Waals surface area contributed by atoms with Crippen LogP contribution in [-0.2, 0) is 0 Å². The maximum atomic E-state index is 2.63. The van der Waals surface area contributed by atoms with E-state index in [4.69, 9.17) is 0 Å². The lowest BCUT2D eigenvalue weighted by molar-refractivity contribution is 0.0733. The van der Waals surface area contributed by atoms with Crippen LogP contribution in [0, 0.1) is 27.6 Å². The number of rotatable bonds is 4. The van der Waals surface area contributed by atoms with E-state index in [1.165, 1.54) is 5.92 Å². The predicted molar refractivity (Wildman–Crippen MR) is 65.1 cm³/mol. The van der Waals surface area contributed by atoms with E-state index in [1.807, 2.05) is 0 Å². The van der Waals surface area contributed by atoms with Gasteiger partial charge >= 0.3 is 0 Å². The summed E-state index contributed by atoms with van der Waals surface area (Å²) in [5, 5.41) is 0. The summed E-state index contributed by atoms with van der Waals surface area (Å²) < 4.78 is 0. The quantitative estimate of drug-likeness (QED) is 0.647. The number of hydrogen-bond acceptors (Lipinski definition) is 0. The van der Waals surface area contributed by atoms with Gasteiger partial charge in [0.25, 0.3) is 0 Å². The molecular weight excluding hydrogens is 192 g/mol. The molecule has 5 rings (SSSR count). The second-order valence-electron chi connectivity index (χ2n) is 8.16. The van der Waals surface area contributed by atoms with Crippen molar-refractivity contribution >= 4 is 0 Å².